The van der Waals surface area contributed by atoms with Crippen LogP contribution in [0, 0.1) is 10.8 Å². The van der Waals surface area contributed by atoms with Crippen molar-refractivity contribution in [2.75, 3.05) is 0 Å². The number of ketones is 2. The van der Waals surface area contributed by atoms with Crippen molar-refractivity contribution in [3.05, 3.63) is 58.7 Å². The lowest BCUT2D eigenvalue weighted by molar-refractivity contribution is 0.0678. The summed E-state index contributed by atoms with van der Waals surface area (Å²) >= 11 is 0. The van der Waals surface area contributed by atoms with Crippen LogP contribution >= 0.6 is 0 Å². The molecule has 6 heteroatoms. The largest absolute Gasteiger partial charge is 0.478 e. The molecule has 6 nitrogen and oxygen atoms in total. The second-order valence-corrected chi connectivity index (χ2v) is 10.1. The molecule has 0 aromatic heterocycles. The van der Waals surface area contributed by atoms with E-state index in [4.69, 9.17) is 0 Å². The summed E-state index contributed by atoms with van der Waals surface area (Å²) in [7, 11) is 0. The highest BCUT2D eigenvalue weighted by atomic mass is 16.4. The van der Waals surface area contributed by atoms with Crippen LogP contribution in [0.5, 0.6) is 0 Å². The van der Waals surface area contributed by atoms with E-state index in [0.29, 0.717) is 24.0 Å². The molecule has 0 radical (unpaired) electrons. The Labute approximate surface area is 201 Å². The van der Waals surface area contributed by atoms with Crippen LogP contribution < -0.4 is 0 Å². The average molecular weight is 467 g/mol. The Hall–Kier alpha value is -3.28. The molecule has 2 aromatic rings. The molecule has 2 rings (SSSR count). The van der Waals surface area contributed by atoms with Crippen LogP contribution in [0.15, 0.2) is 36.4 Å². The second kappa shape index (κ2) is 10.3. The third-order valence-corrected chi connectivity index (χ3v) is 6.30. The van der Waals surface area contributed by atoms with Crippen molar-refractivity contribution in [2.24, 2.45) is 10.8 Å². The van der Waals surface area contributed by atoms with Gasteiger partial charge in [-0.25, -0.2) is 9.59 Å². The third kappa shape index (κ3) is 5.61. The van der Waals surface area contributed by atoms with Crippen LogP contribution in [0.3, 0.4) is 0 Å². The Kier molecular flexibility index (Phi) is 8.19. The van der Waals surface area contributed by atoms with Crippen LogP contribution in [-0.2, 0) is 0 Å². The van der Waals surface area contributed by atoms with E-state index >= 15 is 0 Å². The van der Waals surface area contributed by atoms with Crippen molar-refractivity contribution in [1.82, 2.24) is 0 Å². The lowest BCUT2D eigenvalue weighted by atomic mass is 9.78. The van der Waals surface area contributed by atoms with Gasteiger partial charge in [-0.05, 0) is 48.2 Å². The number of rotatable bonds is 11. The van der Waals surface area contributed by atoms with Crippen molar-refractivity contribution in [2.45, 2.75) is 67.2 Å². The molecule has 0 spiro atoms. The van der Waals surface area contributed by atoms with Crippen molar-refractivity contribution in [3.63, 3.8) is 0 Å². The molecule has 0 amide bonds. The maximum atomic E-state index is 13.3. The monoisotopic (exact) mass is 466 g/mol. The number of carbonyl (C=O) groups excluding carboxylic acids is 2. The van der Waals surface area contributed by atoms with Gasteiger partial charge in [-0.2, -0.15) is 0 Å². The fraction of sp³-hybridized carbons (Fsp3) is 0.429. The van der Waals surface area contributed by atoms with Gasteiger partial charge in [-0.3, -0.25) is 9.59 Å². The quantitative estimate of drug-likeness (QED) is 0.354. The van der Waals surface area contributed by atoms with E-state index in [1.54, 1.807) is 39.8 Å². The van der Waals surface area contributed by atoms with Crippen molar-refractivity contribution < 1.29 is 29.4 Å². The zero-order valence-electron chi connectivity index (χ0n) is 20.8. The molecule has 0 heterocycles. The van der Waals surface area contributed by atoms with Gasteiger partial charge < -0.3 is 10.2 Å². The molecular formula is C28H34O6. The predicted molar refractivity (Wildman–Crippen MR) is 132 cm³/mol. The first-order valence-electron chi connectivity index (χ1n) is 11.6. The van der Waals surface area contributed by atoms with Crippen molar-refractivity contribution in [3.8, 4) is 11.1 Å². The van der Waals surface area contributed by atoms with E-state index in [0.717, 1.165) is 12.8 Å². The number of aromatic carboxylic acids is 2. The zero-order chi connectivity index (χ0) is 25.8. The smallest absolute Gasteiger partial charge is 0.336 e. The number of Topliss-reactive ketones (excluding diaryl/α,β-unsaturated/α-hetero) is 2. The van der Waals surface area contributed by atoms with Gasteiger partial charge in [0.2, 0.25) is 0 Å². The van der Waals surface area contributed by atoms with Gasteiger partial charge in [0, 0.05) is 22.0 Å². The fourth-order valence-electron chi connectivity index (χ4n) is 4.40. The maximum absolute atomic E-state index is 13.3. The number of hydrogen-bond donors (Lipinski definition) is 2. The number of hydrogen-bond acceptors (Lipinski definition) is 4. The van der Waals surface area contributed by atoms with E-state index in [1.807, 2.05) is 13.8 Å². The standard InChI is InChI=1S/C28H34O6/c1-7-13-27(3,4)23(29)21-15-17(9-11-19(21)25(31)32)18-10-12-20(26(33)34)22(16-18)24(30)28(5,6)14-8-2/h9-12,15-16H,7-8,13-14H2,1-6H3,(H,31,32)(H,33,34). The number of carbonyl (C=O) groups is 4. The highest BCUT2D eigenvalue weighted by molar-refractivity contribution is 6.10. The third-order valence-electron chi connectivity index (χ3n) is 6.30. The Bertz CT molecular complexity index is 1030. The van der Waals surface area contributed by atoms with E-state index in [2.05, 4.69) is 0 Å². The molecule has 0 bridgehead atoms. The van der Waals surface area contributed by atoms with Gasteiger partial charge in [0.15, 0.2) is 11.6 Å². The predicted octanol–water partition coefficient (Wildman–Crippen LogP) is 6.77. The zero-order valence-corrected chi connectivity index (χ0v) is 20.8. The minimum absolute atomic E-state index is 0.0829. The summed E-state index contributed by atoms with van der Waals surface area (Å²) < 4.78 is 0. The van der Waals surface area contributed by atoms with Crippen LogP contribution in [0.25, 0.3) is 11.1 Å². The van der Waals surface area contributed by atoms with Crippen LogP contribution in [-0.4, -0.2) is 33.7 Å². The molecule has 0 saturated heterocycles. The maximum Gasteiger partial charge on any atom is 0.336 e. The van der Waals surface area contributed by atoms with Gasteiger partial charge in [-0.1, -0.05) is 66.5 Å². The first-order valence-corrected chi connectivity index (χ1v) is 11.6. The SMILES string of the molecule is CCCC(C)(C)C(=O)c1cc(-c2ccc(C(=O)O)c(C(=O)C(C)(C)CCC)c2)ccc1C(=O)O. The Morgan fingerprint density at radius 2 is 0.941 bits per heavy atom. The molecule has 0 atom stereocenters. The summed E-state index contributed by atoms with van der Waals surface area (Å²) in [6.07, 6.45) is 2.76. The first-order chi connectivity index (χ1) is 15.8. The lowest BCUT2D eigenvalue weighted by Gasteiger charge is -2.24. The fourth-order valence-corrected chi connectivity index (χ4v) is 4.40. The molecule has 2 aromatic carbocycles. The van der Waals surface area contributed by atoms with E-state index in [9.17, 15) is 29.4 Å². The number of carboxylic acid groups (broad SMARTS) is 2. The summed E-state index contributed by atoms with van der Waals surface area (Å²) in [5.74, 6) is -2.92. The molecule has 0 unspecified atom stereocenters. The van der Waals surface area contributed by atoms with Crippen LogP contribution in [0.1, 0.15) is 109 Å². The van der Waals surface area contributed by atoms with E-state index < -0.39 is 22.8 Å². The van der Waals surface area contributed by atoms with Gasteiger partial charge in [0.25, 0.3) is 0 Å². The normalized spacial score (nSPS) is 11.8. The van der Waals surface area contributed by atoms with Crippen LogP contribution in [0.2, 0.25) is 0 Å². The summed E-state index contributed by atoms with van der Waals surface area (Å²) in [5.41, 5.74) is -0.359. The van der Waals surface area contributed by atoms with Crippen molar-refractivity contribution in [1.29, 1.82) is 0 Å². The summed E-state index contributed by atoms with van der Waals surface area (Å²) in [6, 6.07) is 9.00. The lowest BCUT2D eigenvalue weighted by Crippen LogP contribution is -2.26. The van der Waals surface area contributed by atoms with Crippen molar-refractivity contribution >= 4 is 23.5 Å². The average Bonchev–Trinajstić information content (AvgIpc) is 2.76. The molecule has 34 heavy (non-hydrogen) atoms. The Balaban J connectivity index is 2.70. The highest BCUT2D eigenvalue weighted by Gasteiger charge is 2.32. The molecule has 0 saturated carbocycles. The minimum atomic E-state index is -1.19. The van der Waals surface area contributed by atoms with Crippen LogP contribution in [0.4, 0.5) is 0 Å². The van der Waals surface area contributed by atoms with Gasteiger partial charge >= 0.3 is 11.9 Å². The van der Waals surface area contributed by atoms with Gasteiger partial charge in [0.1, 0.15) is 0 Å². The summed E-state index contributed by atoms with van der Waals surface area (Å²) in [6.45, 7) is 11.1. The number of benzene rings is 2. The van der Waals surface area contributed by atoms with E-state index in [1.165, 1.54) is 24.3 Å². The minimum Gasteiger partial charge on any atom is -0.478 e. The highest BCUT2D eigenvalue weighted by Crippen LogP contribution is 2.34. The topological polar surface area (TPSA) is 109 Å². The Morgan fingerprint density at radius 1 is 0.618 bits per heavy atom. The summed E-state index contributed by atoms with van der Waals surface area (Å²) in [4.78, 5) is 50.2. The molecule has 0 aliphatic heterocycles. The van der Waals surface area contributed by atoms with Gasteiger partial charge in [0.05, 0.1) is 11.1 Å². The molecule has 0 aliphatic carbocycles. The van der Waals surface area contributed by atoms with Gasteiger partial charge in [-0.15, -0.1) is 0 Å². The summed E-state index contributed by atoms with van der Waals surface area (Å²) in [5, 5.41) is 19.3. The first kappa shape index (κ1) is 27.0. The molecular weight excluding hydrogens is 432 g/mol. The molecule has 0 aliphatic rings. The Morgan fingerprint density at radius 3 is 1.21 bits per heavy atom. The van der Waals surface area contributed by atoms with E-state index in [-0.39, 0.29) is 33.8 Å². The molecule has 182 valence electrons. The molecule has 2 N–H and O–H groups in total. The molecule has 0 fully saturated rings. The number of carboxylic acids is 2. The second-order valence-electron chi connectivity index (χ2n) is 10.1.